The highest BCUT2D eigenvalue weighted by Gasteiger charge is 2.25. The molecule has 0 amide bonds. The van der Waals surface area contributed by atoms with Crippen molar-refractivity contribution < 1.29 is 19.0 Å². The Hall–Kier alpha value is -1.75. The molecule has 1 aliphatic rings. The lowest BCUT2D eigenvalue weighted by Gasteiger charge is -2.17. The average Bonchev–Trinajstić information content (AvgIpc) is 2.89. The van der Waals surface area contributed by atoms with Gasteiger partial charge in [-0.2, -0.15) is 0 Å². The molecule has 2 atom stereocenters. The Kier molecular flexibility index (Phi) is 5.44. The van der Waals surface area contributed by atoms with Gasteiger partial charge in [-0.15, -0.1) is 0 Å². The zero-order chi connectivity index (χ0) is 15.2. The van der Waals surface area contributed by atoms with Gasteiger partial charge >= 0.3 is 5.97 Å². The molecule has 1 aliphatic heterocycles. The van der Waals surface area contributed by atoms with Crippen molar-refractivity contribution >= 4 is 5.97 Å². The Balaban J connectivity index is 2.09. The van der Waals surface area contributed by atoms with Gasteiger partial charge in [0.25, 0.3) is 0 Å². The third-order valence-corrected chi connectivity index (χ3v) is 3.49. The molecule has 0 saturated heterocycles. The van der Waals surface area contributed by atoms with E-state index in [4.69, 9.17) is 14.2 Å². The first-order chi connectivity index (χ1) is 10.2. The highest BCUT2D eigenvalue weighted by Crippen LogP contribution is 2.35. The molecule has 5 nitrogen and oxygen atoms in total. The van der Waals surface area contributed by atoms with Crippen LogP contribution in [0.3, 0.4) is 0 Å². The number of ether oxygens (including phenoxy) is 3. The first-order valence-corrected chi connectivity index (χ1v) is 7.46. The van der Waals surface area contributed by atoms with E-state index in [2.05, 4.69) is 5.32 Å². The first kappa shape index (κ1) is 15.6. The van der Waals surface area contributed by atoms with Gasteiger partial charge in [0.15, 0.2) is 6.10 Å². The Labute approximate surface area is 125 Å². The summed E-state index contributed by atoms with van der Waals surface area (Å²) in [7, 11) is 1.91. The van der Waals surface area contributed by atoms with E-state index in [1.165, 1.54) is 0 Å². The van der Waals surface area contributed by atoms with E-state index in [9.17, 15) is 4.79 Å². The van der Waals surface area contributed by atoms with Crippen LogP contribution in [0.2, 0.25) is 0 Å². The van der Waals surface area contributed by atoms with Gasteiger partial charge in [-0.05, 0) is 32.5 Å². The molecule has 0 radical (unpaired) electrons. The fourth-order valence-electron chi connectivity index (χ4n) is 2.39. The number of rotatable bonds is 7. The van der Waals surface area contributed by atoms with Crippen molar-refractivity contribution in [1.82, 2.24) is 5.32 Å². The molecule has 1 N–H and O–H groups in total. The highest BCUT2D eigenvalue weighted by molar-refractivity contribution is 5.75. The molecule has 116 valence electrons. The monoisotopic (exact) mass is 293 g/mol. The summed E-state index contributed by atoms with van der Waals surface area (Å²) in [5.41, 5.74) is 1.12. The van der Waals surface area contributed by atoms with Gasteiger partial charge < -0.3 is 19.5 Å². The minimum atomic E-state index is -0.561. The Morgan fingerprint density at radius 2 is 2.29 bits per heavy atom. The van der Waals surface area contributed by atoms with Crippen molar-refractivity contribution in [3.8, 4) is 11.5 Å². The van der Waals surface area contributed by atoms with Crippen LogP contribution in [0.25, 0.3) is 0 Å². The lowest BCUT2D eigenvalue weighted by atomic mass is 10.1. The van der Waals surface area contributed by atoms with Crippen LogP contribution in [0.1, 0.15) is 38.3 Å². The maximum Gasteiger partial charge on any atom is 0.347 e. The molecule has 21 heavy (non-hydrogen) atoms. The number of carbonyl (C=O) groups is 1. The van der Waals surface area contributed by atoms with Crippen LogP contribution in [-0.2, 0) is 9.53 Å². The molecule has 2 rings (SSSR count). The topological polar surface area (TPSA) is 56.8 Å². The molecule has 1 aromatic rings. The van der Waals surface area contributed by atoms with Crippen molar-refractivity contribution in [3.63, 3.8) is 0 Å². The molecular weight excluding hydrogens is 270 g/mol. The highest BCUT2D eigenvalue weighted by atomic mass is 16.6. The van der Waals surface area contributed by atoms with Crippen LogP contribution in [0.5, 0.6) is 11.5 Å². The van der Waals surface area contributed by atoms with Gasteiger partial charge in [0.05, 0.1) is 12.6 Å². The van der Waals surface area contributed by atoms with Crippen LogP contribution in [0, 0.1) is 0 Å². The number of fused-ring (bicyclic) bond motifs is 1. The van der Waals surface area contributed by atoms with E-state index in [1.807, 2.05) is 32.2 Å². The van der Waals surface area contributed by atoms with Crippen molar-refractivity contribution in [2.75, 3.05) is 20.3 Å². The van der Waals surface area contributed by atoms with E-state index < -0.39 is 6.10 Å². The summed E-state index contributed by atoms with van der Waals surface area (Å²) in [5.74, 6) is 1.14. The maximum atomic E-state index is 11.9. The lowest BCUT2D eigenvalue weighted by molar-refractivity contribution is -0.151. The molecule has 5 heteroatoms. The van der Waals surface area contributed by atoms with Crippen LogP contribution >= 0.6 is 0 Å². The summed E-state index contributed by atoms with van der Waals surface area (Å²) < 4.78 is 16.5. The second kappa shape index (κ2) is 7.31. The largest absolute Gasteiger partial charge is 0.491 e. The van der Waals surface area contributed by atoms with Crippen molar-refractivity contribution in [2.24, 2.45) is 0 Å². The van der Waals surface area contributed by atoms with Gasteiger partial charge in [0, 0.05) is 11.6 Å². The normalized spacial score (nSPS) is 17.8. The summed E-state index contributed by atoms with van der Waals surface area (Å²) in [4.78, 5) is 11.9. The summed E-state index contributed by atoms with van der Waals surface area (Å²) in [6.45, 7) is 4.78. The minimum absolute atomic E-state index is 0.213. The molecule has 0 aliphatic carbocycles. The molecule has 2 unspecified atom stereocenters. The van der Waals surface area contributed by atoms with Crippen LogP contribution in [0.15, 0.2) is 18.2 Å². The Morgan fingerprint density at radius 1 is 1.48 bits per heavy atom. The predicted octanol–water partition coefficient (Wildman–Crippen LogP) is 2.45. The summed E-state index contributed by atoms with van der Waals surface area (Å²) in [5, 5.41) is 3.20. The third kappa shape index (κ3) is 3.67. The van der Waals surface area contributed by atoms with Crippen LogP contribution in [-0.4, -0.2) is 32.3 Å². The van der Waals surface area contributed by atoms with E-state index in [-0.39, 0.29) is 12.0 Å². The lowest BCUT2D eigenvalue weighted by Crippen LogP contribution is -2.29. The second-order valence-corrected chi connectivity index (χ2v) is 5.00. The molecule has 0 fully saturated rings. The van der Waals surface area contributed by atoms with Crippen LogP contribution < -0.4 is 14.8 Å². The number of hydrogen-bond acceptors (Lipinski definition) is 5. The molecule has 1 aromatic carbocycles. The number of benzene rings is 1. The summed E-state index contributed by atoms with van der Waals surface area (Å²) in [6, 6.07) is 5.91. The zero-order valence-electron chi connectivity index (χ0n) is 12.8. The molecule has 0 spiro atoms. The molecule has 0 saturated carbocycles. The SMILES string of the molecule is CCCC(Oc1ccc2c(c1)OCC2NC)C(=O)OCC. The molecule has 0 aromatic heterocycles. The van der Waals surface area contributed by atoms with Gasteiger partial charge in [-0.1, -0.05) is 13.3 Å². The molecule has 0 bridgehead atoms. The first-order valence-electron chi connectivity index (χ1n) is 7.46. The number of nitrogens with one attached hydrogen (secondary N) is 1. The van der Waals surface area contributed by atoms with Crippen molar-refractivity contribution in [2.45, 2.75) is 38.8 Å². The number of likely N-dealkylation sites (N-methyl/N-ethyl adjacent to an activating group) is 1. The van der Waals surface area contributed by atoms with Crippen molar-refractivity contribution in [1.29, 1.82) is 0 Å². The fourth-order valence-corrected chi connectivity index (χ4v) is 2.39. The van der Waals surface area contributed by atoms with Crippen molar-refractivity contribution in [3.05, 3.63) is 23.8 Å². The number of carbonyl (C=O) groups excluding carboxylic acids is 1. The average molecular weight is 293 g/mol. The standard InChI is InChI=1S/C16H23NO4/c1-4-6-14(16(18)19-5-2)21-11-7-8-12-13(17-3)10-20-15(12)9-11/h7-9,13-14,17H,4-6,10H2,1-3H3. The number of esters is 1. The van der Waals surface area contributed by atoms with E-state index in [1.54, 1.807) is 6.92 Å². The van der Waals surface area contributed by atoms with Gasteiger partial charge in [0.1, 0.15) is 18.1 Å². The van der Waals surface area contributed by atoms with Gasteiger partial charge in [-0.25, -0.2) is 4.79 Å². The van der Waals surface area contributed by atoms with Gasteiger partial charge in [0.2, 0.25) is 0 Å². The zero-order valence-corrected chi connectivity index (χ0v) is 12.8. The van der Waals surface area contributed by atoms with Gasteiger partial charge in [-0.3, -0.25) is 0 Å². The molecule has 1 heterocycles. The van der Waals surface area contributed by atoms with E-state index in [0.29, 0.717) is 25.4 Å². The number of hydrogen-bond donors (Lipinski definition) is 1. The Bertz CT molecular complexity index is 489. The Morgan fingerprint density at radius 3 is 2.95 bits per heavy atom. The maximum absolute atomic E-state index is 11.9. The fraction of sp³-hybridized carbons (Fsp3) is 0.562. The third-order valence-electron chi connectivity index (χ3n) is 3.49. The smallest absolute Gasteiger partial charge is 0.347 e. The minimum Gasteiger partial charge on any atom is -0.491 e. The quantitative estimate of drug-likeness (QED) is 0.783. The second-order valence-electron chi connectivity index (χ2n) is 5.00. The summed E-state index contributed by atoms with van der Waals surface area (Å²) >= 11 is 0. The van der Waals surface area contributed by atoms with E-state index >= 15 is 0 Å². The molecular formula is C16H23NO4. The van der Waals surface area contributed by atoms with Crippen LogP contribution in [0.4, 0.5) is 0 Å². The predicted molar refractivity (Wildman–Crippen MR) is 79.7 cm³/mol. The summed E-state index contributed by atoms with van der Waals surface area (Å²) in [6.07, 6.45) is 0.928. The van der Waals surface area contributed by atoms with E-state index in [0.717, 1.165) is 17.7 Å².